The van der Waals surface area contributed by atoms with Crippen LogP contribution >= 0.6 is 11.3 Å². The summed E-state index contributed by atoms with van der Waals surface area (Å²) < 4.78 is 11.2. The van der Waals surface area contributed by atoms with Gasteiger partial charge in [0.25, 0.3) is 0 Å². The number of fused-ring (bicyclic) bond motifs is 1. The number of hydrogen-bond donors (Lipinski definition) is 0. The van der Waals surface area contributed by atoms with E-state index in [2.05, 4.69) is 13.0 Å². The standard InChI is InChI=1S/C18H19NO3S/c1-12-9-15(12)18(20)19(11-14-3-2-8-23-14)13-4-5-16-17(10-13)22-7-6-21-16/h2-5,8,10,12,15H,6-7,9,11H2,1H3. The van der Waals surface area contributed by atoms with Gasteiger partial charge in [0.15, 0.2) is 11.5 Å². The van der Waals surface area contributed by atoms with Crippen LogP contribution in [0.5, 0.6) is 11.5 Å². The molecule has 2 atom stereocenters. The molecule has 5 heteroatoms. The number of rotatable bonds is 4. The van der Waals surface area contributed by atoms with Crippen molar-refractivity contribution in [2.24, 2.45) is 11.8 Å². The minimum atomic E-state index is 0.156. The van der Waals surface area contributed by atoms with Gasteiger partial charge in [-0.15, -0.1) is 11.3 Å². The average Bonchev–Trinajstić information content (AvgIpc) is 3.09. The normalized spacial score (nSPS) is 21.8. The fourth-order valence-electron chi connectivity index (χ4n) is 2.92. The van der Waals surface area contributed by atoms with E-state index in [0.29, 0.717) is 25.7 Å². The van der Waals surface area contributed by atoms with Crippen LogP contribution in [0.4, 0.5) is 5.69 Å². The molecule has 1 amide bonds. The second-order valence-electron chi connectivity index (χ2n) is 6.15. The lowest BCUT2D eigenvalue weighted by Gasteiger charge is -2.25. The van der Waals surface area contributed by atoms with E-state index in [1.165, 1.54) is 4.88 Å². The predicted molar refractivity (Wildman–Crippen MR) is 90.2 cm³/mol. The van der Waals surface area contributed by atoms with E-state index < -0.39 is 0 Å². The first-order valence-electron chi connectivity index (χ1n) is 7.96. The Balaban J connectivity index is 1.65. The summed E-state index contributed by atoms with van der Waals surface area (Å²) in [6.07, 6.45) is 0.990. The van der Waals surface area contributed by atoms with Gasteiger partial charge in [-0.3, -0.25) is 4.79 Å². The van der Waals surface area contributed by atoms with Crippen LogP contribution in [0.1, 0.15) is 18.2 Å². The van der Waals surface area contributed by atoms with Crippen LogP contribution in [0.25, 0.3) is 0 Å². The molecule has 1 aliphatic carbocycles. The Morgan fingerprint density at radius 1 is 1.26 bits per heavy atom. The van der Waals surface area contributed by atoms with Gasteiger partial charge < -0.3 is 14.4 Å². The molecule has 2 aromatic rings. The Kier molecular flexibility index (Phi) is 3.73. The monoisotopic (exact) mass is 329 g/mol. The number of nitrogens with zero attached hydrogens (tertiary/aromatic N) is 1. The van der Waals surface area contributed by atoms with E-state index in [0.717, 1.165) is 23.6 Å². The highest BCUT2D eigenvalue weighted by Crippen LogP contribution is 2.42. The molecule has 4 rings (SSSR count). The molecule has 1 aromatic carbocycles. The Hall–Kier alpha value is -2.01. The average molecular weight is 329 g/mol. The maximum absolute atomic E-state index is 12.9. The van der Waals surface area contributed by atoms with E-state index in [9.17, 15) is 4.79 Å². The van der Waals surface area contributed by atoms with Crippen LogP contribution in [0.2, 0.25) is 0 Å². The van der Waals surface area contributed by atoms with Crippen molar-refractivity contribution in [3.63, 3.8) is 0 Å². The molecule has 2 unspecified atom stereocenters. The molecular formula is C18H19NO3S. The maximum Gasteiger partial charge on any atom is 0.230 e. The molecule has 1 saturated carbocycles. The van der Waals surface area contributed by atoms with E-state index in [1.807, 2.05) is 34.5 Å². The molecule has 4 nitrogen and oxygen atoms in total. The molecule has 0 N–H and O–H groups in total. The zero-order valence-electron chi connectivity index (χ0n) is 13.0. The van der Waals surface area contributed by atoms with Crippen LogP contribution in [-0.4, -0.2) is 19.1 Å². The van der Waals surface area contributed by atoms with Gasteiger partial charge in [0, 0.05) is 22.5 Å². The van der Waals surface area contributed by atoms with E-state index in [-0.39, 0.29) is 11.8 Å². The number of benzene rings is 1. The maximum atomic E-state index is 12.9. The lowest BCUT2D eigenvalue weighted by atomic mass is 10.2. The largest absolute Gasteiger partial charge is 0.486 e. The van der Waals surface area contributed by atoms with Crippen molar-refractivity contribution in [2.75, 3.05) is 18.1 Å². The van der Waals surface area contributed by atoms with Gasteiger partial charge in [0.1, 0.15) is 13.2 Å². The van der Waals surface area contributed by atoms with Crippen molar-refractivity contribution in [1.29, 1.82) is 0 Å². The van der Waals surface area contributed by atoms with Gasteiger partial charge in [-0.1, -0.05) is 13.0 Å². The molecule has 1 aromatic heterocycles. The number of ether oxygens (including phenoxy) is 2. The zero-order chi connectivity index (χ0) is 15.8. The number of thiophene rings is 1. The molecule has 0 bridgehead atoms. The first kappa shape index (κ1) is 14.6. The third-order valence-electron chi connectivity index (χ3n) is 4.42. The van der Waals surface area contributed by atoms with Crippen molar-refractivity contribution < 1.29 is 14.3 Å². The molecule has 0 radical (unpaired) electrons. The zero-order valence-corrected chi connectivity index (χ0v) is 13.8. The van der Waals surface area contributed by atoms with E-state index in [1.54, 1.807) is 11.3 Å². The summed E-state index contributed by atoms with van der Waals surface area (Å²) >= 11 is 1.68. The molecule has 1 fully saturated rings. The first-order chi connectivity index (χ1) is 11.2. The Bertz CT molecular complexity index is 713. The highest BCUT2D eigenvalue weighted by molar-refractivity contribution is 7.09. The third-order valence-corrected chi connectivity index (χ3v) is 5.29. The summed E-state index contributed by atoms with van der Waals surface area (Å²) in [6.45, 7) is 3.87. The lowest BCUT2D eigenvalue weighted by molar-refractivity contribution is -0.120. The predicted octanol–water partition coefficient (Wildman–Crippen LogP) is 3.71. The summed E-state index contributed by atoms with van der Waals surface area (Å²) in [7, 11) is 0. The highest BCUT2D eigenvalue weighted by Gasteiger charge is 2.42. The fraction of sp³-hybridized carbons (Fsp3) is 0.389. The van der Waals surface area contributed by atoms with Crippen LogP contribution in [0, 0.1) is 11.8 Å². The van der Waals surface area contributed by atoms with Crippen LogP contribution in [0.3, 0.4) is 0 Å². The number of amides is 1. The summed E-state index contributed by atoms with van der Waals surface area (Å²) in [5.41, 5.74) is 0.881. The number of hydrogen-bond acceptors (Lipinski definition) is 4. The SMILES string of the molecule is CC1CC1C(=O)N(Cc1cccs1)c1ccc2c(c1)OCCO2. The number of anilines is 1. The quantitative estimate of drug-likeness (QED) is 0.858. The molecule has 23 heavy (non-hydrogen) atoms. The van der Waals surface area contributed by atoms with Gasteiger partial charge in [0.2, 0.25) is 5.91 Å². The van der Waals surface area contributed by atoms with Gasteiger partial charge in [-0.25, -0.2) is 0 Å². The molecule has 1 aliphatic heterocycles. The third kappa shape index (κ3) is 2.93. The number of carbonyl (C=O) groups is 1. The van der Waals surface area contributed by atoms with Crippen molar-refractivity contribution in [2.45, 2.75) is 19.9 Å². The van der Waals surface area contributed by atoms with Crippen molar-refractivity contribution >= 4 is 22.9 Å². The molecule has 120 valence electrons. The van der Waals surface area contributed by atoms with Gasteiger partial charge >= 0.3 is 0 Å². The van der Waals surface area contributed by atoms with Crippen molar-refractivity contribution in [3.8, 4) is 11.5 Å². The topological polar surface area (TPSA) is 38.8 Å². The second-order valence-corrected chi connectivity index (χ2v) is 7.18. The summed E-state index contributed by atoms with van der Waals surface area (Å²) in [5.74, 6) is 2.33. The second kappa shape index (κ2) is 5.89. The van der Waals surface area contributed by atoms with E-state index >= 15 is 0 Å². The Morgan fingerprint density at radius 3 is 2.74 bits per heavy atom. The number of carbonyl (C=O) groups excluding carboxylic acids is 1. The van der Waals surface area contributed by atoms with Gasteiger partial charge in [-0.05, 0) is 35.9 Å². The Labute approximate surface area is 139 Å². The Morgan fingerprint density at radius 2 is 2.04 bits per heavy atom. The molecular weight excluding hydrogens is 310 g/mol. The molecule has 0 spiro atoms. The van der Waals surface area contributed by atoms with Gasteiger partial charge in [0.05, 0.1) is 6.54 Å². The fourth-order valence-corrected chi connectivity index (χ4v) is 3.61. The summed E-state index contributed by atoms with van der Waals surface area (Å²) in [6, 6.07) is 9.86. The molecule has 2 aliphatic rings. The van der Waals surface area contributed by atoms with Crippen molar-refractivity contribution in [1.82, 2.24) is 0 Å². The lowest BCUT2D eigenvalue weighted by Crippen LogP contribution is -2.32. The van der Waals surface area contributed by atoms with Gasteiger partial charge in [-0.2, -0.15) is 0 Å². The van der Waals surface area contributed by atoms with Crippen LogP contribution in [0.15, 0.2) is 35.7 Å². The minimum absolute atomic E-state index is 0.156. The molecule has 0 saturated heterocycles. The van der Waals surface area contributed by atoms with Crippen LogP contribution in [-0.2, 0) is 11.3 Å². The summed E-state index contributed by atoms with van der Waals surface area (Å²) in [5, 5.41) is 2.04. The molecule has 2 heterocycles. The highest BCUT2D eigenvalue weighted by atomic mass is 32.1. The van der Waals surface area contributed by atoms with Crippen molar-refractivity contribution in [3.05, 3.63) is 40.6 Å². The van der Waals surface area contributed by atoms with E-state index in [4.69, 9.17) is 9.47 Å². The minimum Gasteiger partial charge on any atom is -0.486 e. The van der Waals surface area contributed by atoms with Crippen LogP contribution < -0.4 is 14.4 Å². The first-order valence-corrected chi connectivity index (χ1v) is 8.84. The summed E-state index contributed by atoms with van der Waals surface area (Å²) in [4.78, 5) is 15.9. The smallest absolute Gasteiger partial charge is 0.230 e.